The fraction of sp³-hybridized carbons (Fsp3) is 0.909. The number of aliphatic hydroxyl groups is 1. The summed E-state index contributed by atoms with van der Waals surface area (Å²) in [6.45, 7) is 4.85. The van der Waals surface area contributed by atoms with Gasteiger partial charge in [0.15, 0.2) is 0 Å². The molecule has 0 unspecified atom stereocenters. The smallest absolute Gasteiger partial charge is 0.0701 e. The van der Waals surface area contributed by atoms with E-state index in [1.807, 2.05) is 0 Å². The Morgan fingerprint density at radius 3 is 1.60 bits per heavy atom. The average molecular weight is 357 g/mol. The van der Waals surface area contributed by atoms with Gasteiger partial charge in [0, 0.05) is 6.61 Å². The van der Waals surface area contributed by atoms with Crippen LogP contribution in [0.15, 0.2) is 12.2 Å². The number of hydrogen-bond donors (Lipinski definition) is 1. The molecule has 0 spiro atoms. The van der Waals surface area contributed by atoms with Crippen molar-refractivity contribution in [2.75, 3.05) is 33.0 Å². The molecule has 0 heterocycles. The summed E-state index contributed by atoms with van der Waals surface area (Å²) in [6, 6.07) is 0. The third-order valence-corrected chi connectivity index (χ3v) is 4.41. The van der Waals surface area contributed by atoms with Crippen molar-refractivity contribution in [2.24, 2.45) is 0 Å². The van der Waals surface area contributed by atoms with E-state index in [0.717, 1.165) is 13.0 Å². The fourth-order valence-corrected chi connectivity index (χ4v) is 2.84. The molecule has 3 nitrogen and oxygen atoms in total. The van der Waals surface area contributed by atoms with Crippen LogP contribution in [0.5, 0.6) is 0 Å². The SMILES string of the molecule is CCCCCCCC/C=C/CCCCCCCCOCCOCCO. The summed E-state index contributed by atoms with van der Waals surface area (Å²) < 4.78 is 10.6. The lowest BCUT2D eigenvalue weighted by molar-refractivity contribution is 0.0321. The standard InChI is InChI=1S/C22H44O3/c1-2-3-4-5-6-7-8-9-10-11-12-13-14-15-16-17-19-24-21-22-25-20-18-23/h9-10,23H,2-8,11-22H2,1H3/b10-9+. The lowest BCUT2D eigenvalue weighted by Crippen LogP contribution is -2.07. The molecule has 0 saturated heterocycles. The number of unbranched alkanes of at least 4 members (excludes halogenated alkanes) is 12. The minimum Gasteiger partial charge on any atom is -0.394 e. The Morgan fingerprint density at radius 1 is 0.560 bits per heavy atom. The third kappa shape index (κ3) is 23.6. The summed E-state index contributed by atoms with van der Waals surface area (Å²) in [6.07, 6.45) is 23.5. The van der Waals surface area contributed by atoms with Crippen molar-refractivity contribution in [2.45, 2.75) is 96.8 Å². The number of rotatable bonds is 21. The Kier molecular flexibility index (Phi) is 23.3. The van der Waals surface area contributed by atoms with Crippen LogP contribution in [0.2, 0.25) is 0 Å². The highest BCUT2D eigenvalue weighted by Crippen LogP contribution is 2.09. The maximum absolute atomic E-state index is 8.56. The van der Waals surface area contributed by atoms with Crippen LogP contribution in [0, 0.1) is 0 Å². The highest BCUT2D eigenvalue weighted by atomic mass is 16.5. The summed E-state index contributed by atoms with van der Waals surface area (Å²) in [7, 11) is 0. The molecule has 0 amide bonds. The summed E-state index contributed by atoms with van der Waals surface area (Å²) >= 11 is 0. The minimum atomic E-state index is 0.0922. The first-order chi connectivity index (χ1) is 12.4. The number of hydrogen-bond acceptors (Lipinski definition) is 3. The Bertz CT molecular complexity index is 254. The first kappa shape index (κ1) is 24.6. The Balaban J connectivity index is 3.03. The monoisotopic (exact) mass is 356 g/mol. The predicted molar refractivity (Wildman–Crippen MR) is 108 cm³/mol. The van der Waals surface area contributed by atoms with Crippen molar-refractivity contribution in [1.29, 1.82) is 0 Å². The molecule has 0 aliphatic rings. The number of allylic oxidation sites excluding steroid dienone is 2. The molecule has 0 bridgehead atoms. The molecule has 0 aromatic carbocycles. The lowest BCUT2D eigenvalue weighted by Gasteiger charge is -2.05. The molecular weight excluding hydrogens is 312 g/mol. The average Bonchev–Trinajstić information content (AvgIpc) is 2.63. The van der Waals surface area contributed by atoms with Gasteiger partial charge in [0.2, 0.25) is 0 Å². The van der Waals surface area contributed by atoms with Gasteiger partial charge in [-0.15, -0.1) is 0 Å². The maximum atomic E-state index is 8.56. The van der Waals surface area contributed by atoms with Crippen molar-refractivity contribution in [3.8, 4) is 0 Å². The summed E-state index contributed by atoms with van der Waals surface area (Å²) in [4.78, 5) is 0. The number of ether oxygens (including phenoxy) is 2. The van der Waals surface area contributed by atoms with Gasteiger partial charge < -0.3 is 14.6 Å². The van der Waals surface area contributed by atoms with Gasteiger partial charge in [-0.2, -0.15) is 0 Å². The lowest BCUT2D eigenvalue weighted by atomic mass is 10.1. The van der Waals surface area contributed by atoms with Crippen molar-refractivity contribution >= 4 is 0 Å². The third-order valence-electron chi connectivity index (χ3n) is 4.41. The fourth-order valence-electron chi connectivity index (χ4n) is 2.84. The molecule has 1 N–H and O–H groups in total. The molecule has 150 valence electrons. The molecule has 0 aliphatic heterocycles. The van der Waals surface area contributed by atoms with E-state index >= 15 is 0 Å². The second-order valence-corrected chi connectivity index (χ2v) is 6.89. The topological polar surface area (TPSA) is 38.7 Å². The van der Waals surface area contributed by atoms with Gasteiger partial charge >= 0.3 is 0 Å². The molecule has 0 aromatic rings. The second-order valence-electron chi connectivity index (χ2n) is 6.89. The second kappa shape index (κ2) is 23.6. The van der Waals surface area contributed by atoms with Crippen LogP contribution in [0.4, 0.5) is 0 Å². The van der Waals surface area contributed by atoms with Crippen LogP contribution < -0.4 is 0 Å². The van der Waals surface area contributed by atoms with Crippen LogP contribution >= 0.6 is 0 Å². The van der Waals surface area contributed by atoms with E-state index in [1.54, 1.807) is 0 Å². The van der Waals surface area contributed by atoms with Crippen molar-refractivity contribution in [1.82, 2.24) is 0 Å². The van der Waals surface area contributed by atoms with Gasteiger partial charge in [-0.05, 0) is 32.1 Å². The molecule has 0 saturated carbocycles. The zero-order valence-corrected chi connectivity index (χ0v) is 16.9. The molecule has 3 heteroatoms. The van der Waals surface area contributed by atoms with Gasteiger partial charge in [-0.25, -0.2) is 0 Å². The van der Waals surface area contributed by atoms with E-state index in [2.05, 4.69) is 19.1 Å². The molecule has 0 rings (SSSR count). The van der Waals surface area contributed by atoms with Gasteiger partial charge in [0.05, 0.1) is 26.4 Å². The zero-order valence-electron chi connectivity index (χ0n) is 16.9. The van der Waals surface area contributed by atoms with Crippen LogP contribution in [0.25, 0.3) is 0 Å². The van der Waals surface area contributed by atoms with Crippen molar-refractivity contribution < 1.29 is 14.6 Å². The Morgan fingerprint density at radius 2 is 1.04 bits per heavy atom. The van der Waals surface area contributed by atoms with Crippen LogP contribution in [-0.2, 0) is 9.47 Å². The molecule has 0 aromatic heterocycles. The molecule has 0 fully saturated rings. The van der Waals surface area contributed by atoms with Gasteiger partial charge in [-0.3, -0.25) is 0 Å². The van der Waals surface area contributed by atoms with E-state index in [1.165, 1.54) is 83.5 Å². The Hall–Kier alpha value is -0.380. The van der Waals surface area contributed by atoms with E-state index in [0.29, 0.717) is 19.8 Å². The first-order valence-corrected chi connectivity index (χ1v) is 10.8. The minimum absolute atomic E-state index is 0.0922. The van der Waals surface area contributed by atoms with Crippen molar-refractivity contribution in [3.05, 3.63) is 12.2 Å². The van der Waals surface area contributed by atoms with Gasteiger partial charge in [0.25, 0.3) is 0 Å². The van der Waals surface area contributed by atoms with E-state index in [9.17, 15) is 0 Å². The first-order valence-electron chi connectivity index (χ1n) is 10.8. The van der Waals surface area contributed by atoms with Crippen LogP contribution in [0.3, 0.4) is 0 Å². The highest BCUT2D eigenvalue weighted by molar-refractivity contribution is 4.81. The van der Waals surface area contributed by atoms with Gasteiger partial charge in [-0.1, -0.05) is 76.9 Å². The van der Waals surface area contributed by atoms with E-state index in [4.69, 9.17) is 14.6 Å². The largest absolute Gasteiger partial charge is 0.394 e. The zero-order chi connectivity index (χ0) is 18.3. The highest BCUT2D eigenvalue weighted by Gasteiger charge is 1.93. The molecule has 25 heavy (non-hydrogen) atoms. The summed E-state index contributed by atoms with van der Waals surface area (Å²) in [5.41, 5.74) is 0. The van der Waals surface area contributed by atoms with E-state index in [-0.39, 0.29) is 6.61 Å². The molecular formula is C22H44O3. The van der Waals surface area contributed by atoms with Crippen LogP contribution in [0.1, 0.15) is 96.8 Å². The summed E-state index contributed by atoms with van der Waals surface area (Å²) in [5, 5.41) is 8.56. The molecule has 0 aliphatic carbocycles. The summed E-state index contributed by atoms with van der Waals surface area (Å²) in [5.74, 6) is 0. The predicted octanol–water partition coefficient (Wildman–Crippen LogP) is 6.05. The molecule has 0 atom stereocenters. The quantitative estimate of drug-likeness (QED) is 0.201. The van der Waals surface area contributed by atoms with Crippen LogP contribution in [-0.4, -0.2) is 38.1 Å². The Labute approximate surface area is 157 Å². The van der Waals surface area contributed by atoms with Crippen molar-refractivity contribution in [3.63, 3.8) is 0 Å². The normalized spacial score (nSPS) is 11.6. The van der Waals surface area contributed by atoms with Gasteiger partial charge in [0.1, 0.15) is 0 Å². The van der Waals surface area contributed by atoms with E-state index < -0.39 is 0 Å². The number of aliphatic hydroxyl groups excluding tert-OH is 1. The molecule has 0 radical (unpaired) electrons. The maximum Gasteiger partial charge on any atom is 0.0701 e.